The van der Waals surface area contributed by atoms with Gasteiger partial charge in [-0.25, -0.2) is 8.78 Å². The van der Waals surface area contributed by atoms with E-state index in [2.05, 4.69) is 6.07 Å². The van der Waals surface area contributed by atoms with E-state index in [-0.39, 0.29) is 18.5 Å². The molecule has 2 atom stereocenters. The molecular formula is C16H19F2N3O. The van der Waals surface area contributed by atoms with Crippen molar-refractivity contribution in [1.29, 1.82) is 5.26 Å². The summed E-state index contributed by atoms with van der Waals surface area (Å²) in [6.07, 6.45) is 1.14. The van der Waals surface area contributed by atoms with Crippen LogP contribution in [-0.2, 0) is 4.79 Å². The third-order valence-corrected chi connectivity index (χ3v) is 4.24. The molecule has 1 amide bonds. The third-order valence-electron chi connectivity index (χ3n) is 4.24. The SMILES string of the molecule is CC(C)(C#N)C1CC[C@@H](c2cc(F)cc(F)c2)N1C(=O)CN. The number of nitrogens with two attached hydrogens (primary N) is 1. The minimum absolute atomic E-state index is 0.202. The van der Waals surface area contributed by atoms with Gasteiger partial charge < -0.3 is 10.6 Å². The van der Waals surface area contributed by atoms with E-state index >= 15 is 0 Å². The fraction of sp³-hybridized carbons (Fsp3) is 0.500. The fourth-order valence-corrected chi connectivity index (χ4v) is 3.14. The molecule has 6 heteroatoms. The maximum Gasteiger partial charge on any atom is 0.237 e. The number of hydrogen-bond acceptors (Lipinski definition) is 3. The predicted molar refractivity (Wildman–Crippen MR) is 77.4 cm³/mol. The number of nitrogens with zero attached hydrogens (tertiary/aromatic N) is 2. The standard InChI is InChI=1S/C16H19F2N3O/c1-16(2,9-20)14-4-3-13(21(14)15(22)8-19)10-5-11(17)7-12(18)6-10/h5-7,13-14H,3-4,8,19H2,1-2H3/t13-,14?/m0/s1. The van der Waals surface area contributed by atoms with Gasteiger partial charge in [0.15, 0.2) is 0 Å². The topological polar surface area (TPSA) is 70.1 Å². The highest BCUT2D eigenvalue weighted by molar-refractivity contribution is 5.79. The smallest absolute Gasteiger partial charge is 0.237 e. The van der Waals surface area contributed by atoms with E-state index in [1.54, 1.807) is 13.8 Å². The molecule has 1 heterocycles. The lowest BCUT2D eigenvalue weighted by atomic mass is 9.84. The van der Waals surface area contributed by atoms with Crippen LogP contribution in [0.2, 0.25) is 0 Å². The molecule has 1 unspecified atom stereocenters. The van der Waals surface area contributed by atoms with Crippen LogP contribution in [0.1, 0.15) is 38.3 Å². The largest absolute Gasteiger partial charge is 0.330 e. The van der Waals surface area contributed by atoms with Crippen LogP contribution in [0.15, 0.2) is 18.2 Å². The molecule has 0 spiro atoms. The molecular weight excluding hydrogens is 288 g/mol. The second-order valence-electron chi connectivity index (χ2n) is 6.15. The Morgan fingerprint density at radius 3 is 2.45 bits per heavy atom. The van der Waals surface area contributed by atoms with Crippen molar-refractivity contribution < 1.29 is 13.6 Å². The summed E-state index contributed by atoms with van der Waals surface area (Å²) in [5, 5.41) is 9.33. The number of likely N-dealkylation sites (tertiary alicyclic amines) is 1. The quantitative estimate of drug-likeness (QED) is 0.932. The summed E-state index contributed by atoms with van der Waals surface area (Å²) in [6.45, 7) is 3.30. The first-order valence-electron chi connectivity index (χ1n) is 7.18. The molecule has 1 fully saturated rings. The molecule has 1 aliphatic rings. The van der Waals surface area contributed by atoms with Gasteiger partial charge in [0.2, 0.25) is 5.91 Å². The summed E-state index contributed by atoms with van der Waals surface area (Å²) < 4.78 is 26.9. The molecule has 1 aromatic carbocycles. The van der Waals surface area contributed by atoms with Gasteiger partial charge in [0, 0.05) is 6.07 Å². The van der Waals surface area contributed by atoms with Gasteiger partial charge in [-0.1, -0.05) is 0 Å². The van der Waals surface area contributed by atoms with Crippen molar-refractivity contribution >= 4 is 5.91 Å². The van der Waals surface area contributed by atoms with Crippen LogP contribution >= 0.6 is 0 Å². The summed E-state index contributed by atoms with van der Waals surface area (Å²) in [5.41, 5.74) is 5.12. The number of carbonyl (C=O) groups is 1. The lowest BCUT2D eigenvalue weighted by Gasteiger charge is -2.36. The molecule has 1 saturated heterocycles. The van der Waals surface area contributed by atoms with Crippen LogP contribution in [0.5, 0.6) is 0 Å². The maximum atomic E-state index is 13.5. The zero-order valence-electron chi connectivity index (χ0n) is 12.6. The van der Waals surface area contributed by atoms with Crippen LogP contribution in [0.4, 0.5) is 8.78 Å². The van der Waals surface area contributed by atoms with Crippen LogP contribution < -0.4 is 5.73 Å². The maximum absolute atomic E-state index is 13.5. The molecule has 22 heavy (non-hydrogen) atoms. The first-order valence-corrected chi connectivity index (χ1v) is 7.18. The molecule has 0 aliphatic carbocycles. The van der Waals surface area contributed by atoms with Crippen molar-refractivity contribution in [3.05, 3.63) is 35.4 Å². The minimum atomic E-state index is -0.758. The highest BCUT2D eigenvalue weighted by Gasteiger charge is 2.45. The molecule has 1 aliphatic heterocycles. The monoisotopic (exact) mass is 307 g/mol. The van der Waals surface area contributed by atoms with E-state index in [1.807, 2.05) is 0 Å². The second-order valence-corrected chi connectivity index (χ2v) is 6.15. The van der Waals surface area contributed by atoms with Crippen molar-refractivity contribution in [3.63, 3.8) is 0 Å². The normalized spacial score (nSPS) is 21.7. The average molecular weight is 307 g/mol. The Morgan fingerprint density at radius 1 is 1.36 bits per heavy atom. The average Bonchev–Trinajstić information content (AvgIpc) is 2.91. The van der Waals surface area contributed by atoms with Crippen LogP contribution in [0.25, 0.3) is 0 Å². The fourth-order valence-electron chi connectivity index (χ4n) is 3.14. The molecule has 1 aromatic rings. The van der Waals surface area contributed by atoms with Crippen molar-refractivity contribution in [2.75, 3.05) is 6.54 Å². The first kappa shape index (κ1) is 16.4. The number of nitriles is 1. The summed E-state index contributed by atoms with van der Waals surface area (Å²) in [6, 6.07) is 4.67. The van der Waals surface area contributed by atoms with Crippen molar-refractivity contribution in [2.24, 2.45) is 11.1 Å². The Hall–Kier alpha value is -2.00. The molecule has 2 rings (SSSR count). The molecule has 0 bridgehead atoms. The first-order chi connectivity index (χ1) is 10.3. The Morgan fingerprint density at radius 2 is 1.95 bits per heavy atom. The number of rotatable bonds is 3. The van der Waals surface area contributed by atoms with Crippen molar-refractivity contribution in [2.45, 2.75) is 38.8 Å². The Kier molecular flexibility index (Phi) is 4.47. The highest BCUT2D eigenvalue weighted by Crippen LogP contribution is 2.43. The number of hydrogen-bond donors (Lipinski definition) is 1. The zero-order valence-corrected chi connectivity index (χ0v) is 12.6. The Bertz CT molecular complexity index is 604. The van der Waals surface area contributed by atoms with Crippen molar-refractivity contribution in [1.82, 2.24) is 4.90 Å². The minimum Gasteiger partial charge on any atom is -0.330 e. The van der Waals surface area contributed by atoms with Gasteiger partial charge in [0.05, 0.1) is 30.1 Å². The van der Waals surface area contributed by atoms with Crippen LogP contribution in [-0.4, -0.2) is 23.4 Å². The van der Waals surface area contributed by atoms with E-state index in [0.717, 1.165) is 6.07 Å². The lowest BCUT2D eigenvalue weighted by Crippen LogP contribution is -2.47. The third kappa shape index (κ3) is 2.95. The molecule has 118 valence electrons. The Balaban J connectivity index is 2.43. The molecule has 0 aromatic heterocycles. The van der Waals surface area contributed by atoms with Gasteiger partial charge >= 0.3 is 0 Å². The molecule has 0 radical (unpaired) electrons. The van der Waals surface area contributed by atoms with Crippen molar-refractivity contribution in [3.8, 4) is 6.07 Å². The van der Waals surface area contributed by atoms with Gasteiger partial charge in [-0.15, -0.1) is 0 Å². The predicted octanol–water partition coefficient (Wildman–Crippen LogP) is 2.51. The van der Waals surface area contributed by atoms with Gasteiger partial charge in [-0.3, -0.25) is 4.79 Å². The van der Waals surface area contributed by atoms with Gasteiger partial charge in [0.1, 0.15) is 11.6 Å². The summed E-state index contributed by atoms with van der Waals surface area (Å²) in [4.78, 5) is 13.8. The summed E-state index contributed by atoms with van der Waals surface area (Å²) in [7, 11) is 0. The summed E-state index contributed by atoms with van der Waals surface area (Å²) in [5.74, 6) is -1.68. The van der Waals surface area contributed by atoms with Gasteiger partial charge in [-0.05, 0) is 44.4 Å². The van der Waals surface area contributed by atoms with E-state index in [4.69, 9.17) is 5.73 Å². The molecule has 2 N–H and O–H groups in total. The van der Waals surface area contributed by atoms with E-state index < -0.39 is 23.1 Å². The number of halogens is 2. The lowest BCUT2D eigenvalue weighted by molar-refractivity contribution is -0.134. The molecule has 0 saturated carbocycles. The van der Waals surface area contributed by atoms with Crippen LogP contribution in [0, 0.1) is 28.4 Å². The second kappa shape index (κ2) is 6.01. The highest BCUT2D eigenvalue weighted by atomic mass is 19.1. The van der Waals surface area contributed by atoms with Gasteiger partial charge in [-0.2, -0.15) is 5.26 Å². The summed E-state index contributed by atoms with van der Waals surface area (Å²) >= 11 is 0. The van der Waals surface area contributed by atoms with Crippen LogP contribution in [0.3, 0.4) is 0 Å². The van der Waals surface area contributed by atoms with E-state index in [0.29, 0.717) is 18.4 Å². The number of amides is 1. The molecule has 4 nitrogen and oxygen atoms in total. The number of benzene rings is 1. The van der Waals surface area contributed by atoms with E-state index in [9.17, 15) is 18.8 Å². The number of carbonyl (C=O) groups excluding carboxylic acids is 1. The van der Waals surface area contributed by atoms with E-state index in [1.165, 1.54) is 17.0 Å². The zero-order chi connectivity index (χ0) is 16.5. The Labute approximate surface area is 128 Å². The van der Waals surface area contributed by atoms with Gasteiger partial charge in [0.25, 0.3) is 0 Å².